The number of hydrogen-bond donors (Lipinski definition) is 1. The van der Waals surface area contributed by atoms with Crippen LogP contribution in [0, 0.1) is 0 Å². The lowest BCUT2D eigenvalue weighted by Crippen LogP contribution is -2.45. The third-order valence-electron chi connectivity index (χ3n) is 6.79. The van der Waals surface area contributed by atoms with Crippen molar-refractivity contribution in [2.45, 2.75) is 25.1 Å². The molecule has 6 nitrogen and oxygen atoms in total. The summed E-state index contributed by atoms with van der Waals surface area (Å²) in [7, 11) is 0. The minimum Gasteiger partial charge on any atom is -0.444 e. The highest BCUT2D eigenvalue weighted by molar-refractivity contribution is 7.80. The summed E-state index contributed by atoms with van der Waals surface area (Å²) in [5.41, 5.74) is 2.74. The molecule has 10 heteroatoms. The summed E-state index contributed by atoms with van der Waals surface area (Å²) in [6.45, 7) is 1.73. The van der Waals surface area contributed by atoms with Crippen LogP contribution in [-0.2, 0) is 6.18 Å². The number of piperidine rings is 1. The second-order valence-corrected chi connectivity index (χ2v) is 9.47. The van der Waals surface area contributed by atoms with E-state index in [2.05, 4.69) is 15.2 Å². The first-order valence-corrected chi connectivity index (χ1v) is 12.3. The summed E-state index contributed by atoms with van der Waals surface area (Å²) >= 11 is 5.90. The summed E-state index contributed by atoms with van der Waals surface area (Å²) in [5, 5.41) is 3.83. The number of nitrogens with zero attached hydrogens (tertiary/aromatic N) is 4. The molecular weight excluding hydrogens is 499 g/mol. The maximum Gasteiger partial charge on any atom is 0.416 e. The average Bonchev–Trinajstić information content (AvgIpc) is 3.34. The van der Waals surface area contributed by atoms with Crippen molar-refractivity contribution in [3.63, 3.8) is 0 Å². The number of hydrogen-bond acceptors (Lipinski definition) is 5. The molecule has 1 saturated heterocycles. The first-order chi connectivity index (χ1) is 17.9. The maximum atomic E-state index is 13.3. The van der Waals surface area contributed by atoms with Gasteiger partial charge in [0.05, 0.1) is 23.1 Å². The molecule has 0 amide bonds. The van der Waals surface area contributed by atoms with Gasteiger partial charge in [-0.1, -0.05) is 24.3 Å². The molecule has 0 radical (unpaired) electrons. The lowest BCUT2D eigenvalue weighted by atomic mass is 10.1. The molecule has 3 aliphatic heterocycles. The van der Waals surface area contributed by atoms with Gasteiger partial charge in [0, 0.05) is 35.9 Å². The van der Waals surface area contributed by atoms with Gasteiger partial charge < -0.3 is 14.6 Å². The molecule has 1 N–H and O–H groups in total. The van der Waals surface area contributed by atoms with Crippen LogP contribution in [0.15, 0.2) is 77.7 Å². The molecule has 0 unspecified atom stereocenters. The molecule has 1 fully saturated rings. The standard InChI is InChI=1S/C27H22F3N5OS/c28-27(29,30)19-5-1-3-17(13-19)22-7-8-23-25(33-22)35(21-9-11-34(23)12-10-21)26(37)32-20-6-2-4-18(14-20)24-15-31-16-36-24/h1-8,13-16,21H,9-12H2,(H,32,37). The average molecular weight is 522 g/mol. The van der Waals surface area contributed by atoms with E-state index in [1.54, 1.807) is 18.3 Å². The van der Waals surface area contributed by atoms with Crippen molar-refractivity contribution in [1.82, 2.24) is 9.97 Å². The predicted molar refractivity (Wildman–Crippen MR) is 141 cm³/mol. The molecule has 0 aliphatic carbocycles. The van der Waals surface area contributed by atoms with Gasteiger partial charge in [-0.05, 0) is 61.5 Å². The zero-order valence-electron chi connectivity index (χ0n) is 19.6. The highest BCUT2D eigenvalue weighted by atomic mass is 32.1. The Morgan fingerprint density at radius 2 is 1.78 bits per heavy atom. The second-order valence-electron chi connectivity index (χ2n) is 9.08. The molecule has 0 atom stereocenters. The summed E-state index contributed by atoms with van der Waals surface area (Å²) < 4.78 is 45.4. The van der Waals surface area contributed by atoms with E-state index in [9.17, 15) is 13.2 Å². The number of rotatable bonds is 3. The van der Waals surface area contributed by atoms with Crippen LogP contribution in [0.1, 0.15) is 18.4 Å². The third-order valence-corrected chi connectivity index (χ3v) is 7.09. The fourth-order valence-electron chi connectivity index (χ4n) is 4.97. The molecule has 2 aromatic carbocycles. The van der Waals surface area contributed by atoms with Gasteiger partial charge in [0.2, 0.25) is 0 Å². The fourth-order valence-corrected chi connectivity index (χ4v) is 5.33. The monoisotopic (exact) mass is 521 g/mol. The van der Waals surface area contributed by atoms with Gasteiger partial charge in [-0.2, -0.15) is 13.2 Å². The minimum atomic E-state index is -4.43. The van der Waals surface area contributed by atoms with E-state index < -0.39 is 11.7 Å². The maximum absolute atomic E-state index is 13.3. The van der Waals surface area contributed by atoms with Gasteiger partial charge in [-0.3, -0.25) is 4.90 Å². The van der Waals surface area contributed by atoms with Crippen molar-refractivity contribution < 1.29 is 17.6 Å². The molecule has 4 aromatic rings. The largest absolute Gasteiger partial charge is 0.444 e. The van der Waals surface area contributed by atoms with E-state index in [-0.39, 0.29) is 6.04 Å². The number of fused-ring (bicyclic) bond motifs is 2. The molecule has 0 saturated carbocycles. The van der Waals surface area contributed by atoms with E-state index in [1.807, 2.05) is 35.2 Å². The third kappa shape index (κ3) is 4.53. The Morgan fingerprint density at radius 3 is 2.54 bits per heavy atom. The highest BCUT2D eigenvalue weighted by Crippen LogP contribution is 2.40. The van der Waals surface area contributed by atoms with Crippen LogP contribution in [0.3, 0.4) is 0 Å². The number of nitrogens with one attached hydrogen (secondary N) is 1. The van der Waals surface area contributed by atoms with Gasteiger partial charge in [-0.25, -0.2) is 9.97 Å². The van der Waals surface area contributed by atoms with Gasteiger partial charge in [-0.15, -0.1) is 0 Å². The number of halogens is 3. The number of alkyl halides is 3. The van der Waals surface area contributed by atoms with Gasteiger partial charge >= 0.3 is 6.18 Å². The Bertz CT molecular complexity index is 1450. The Kier molecular flexibility index (Phi) is 5.83. The SMILES string of the molecule is FC(F)(F)c1cccc(-c2ccc3c(n2)N(C(=S)Nc2cccc(-c4cnco4)c2)C2CCN3CC2)c1. The van der Waals surface area contributed by atoms with E-state index >= 15 is 0 Å². The number of aromatic nitrogens is 2. The normalized spacial score (nSPS) is 15.4. The first-order valence-electron chi connectivity index (χ1n) is 11.9. The smallest absolute Gasteiger partial charge is 0.416 e. The second kappa shape index (κ2) is 9.19. The van der Waals surface area contributed by atoms with Crippen molar-refractivity contribution in [1.29, 1.82) is 0 Å². The number of thiocarbonyl (C=S) groups is 1. The van der Waals surface area contributed by atoms with Gasteiger partial charge in [0.1, 0.15) is 0 Å². The molecule has 7 rings (SSSR count). The van der Waals surface area contributed by atoms with Crippen LogP contribution in [0.4, 0.5) is 30.4 Å². The molecule has 2 aromatic heterocycles. The van der Waals surface area contributed by atoms with Crippen molar-refractivity contribution in [3.8, 4) is 22.6 Å². The Hall–Kier alpha value is -3.92. The summed E-state index contributed by atoms with van der Waals surface area (Å²) in [6, 6.07) is 16.8. The zero-order valence-corrected chi connectivity index (χ0v) is 20.4. The number of benzene rings is 2. The molecule has 3 aliphatic rings. The van der Waals surface area contributed by atoms with Crippen LogP contribution in [0.2, 0.25) is 0 Å². The Morgan fingerprint density at radius 1 is 1.00 bits per heavy atom. The lowest BCUT2D eigenvalue weighted by Gasteiger charge is -2.33. The number of pyridine rings is 1. The number of oxazole rings is 1. The lowest BCUT2D eigenvalue weighted by molar-refractivity contribution is -0.137. The Labute approximate surface area is 216 Å². The van der Waals surface area contributed by atoms with E-state index in [0.717, 1.165) is 55.0 Å². The molecule has 2 bridgehead atoms. The first kappa shape index (κ1) is 23.5. The topological polar surface area (TPSA) is 57.4 Å². The molecular formula is C27H22F3N5OS. The summed E-state index contributed by atoms with van der Waals surface area (Å²) in [4.78, 5) is 13.1. The van der Waals surface area contributed by atoms with Crippen molar-refractivity contribution >= 4 is 34.5 Å². The van der Waals surface area contributed by atoms with Crippen molar-refractivity contribution in [2.75, 3.05) is 28.2 Å². The summed E-state index contributed by atoms with van der Waals surface area (Å²) in [6.07, 6.45) is 0.400. The quantitative estimate of drug-likeness (QED) is 0.305. The van der Waals surface area contributed by atoms with E-state index in [4.69, 9.17) is 21.6 Å². The van der Waals surface area contributed by atoms with Gasteiger partial charge in [0.25, 0.3) is 0 Å². The van der Waals surface area contributed by atoms with Crippen LogP contribution in [0.5, 0.6) is 0 Å². The molecule has 0 spiro atoms. The number of anilines is 3. The van der Waals surface area contributed by atoms with Crippen LogP contribution in [-0.4, -0.2) is 34.2 Å². The molecule has 37 heavy (non-hydrogen) atoms. The highest BCUT2D eigenvalue weighted by Gasteiger charge is 2.36. The van der Waals surface area contributed by atoms with Crippen LogP contribution in [0.25, 0.3) is 22.6 Å². The summed E-state index contributed by atoms with van der Waals surface area (Å²) in [5.74, 6) is 1.30. The van der Waals surface area contributed by atoms with Crippen LogP contribution >= 0.6 is 12.2 Å². The van der Waals surface area contributed by atoms with Crippen molar-refractivity contribution in [2.24, 2.45) is 0 Å². The zero-order chi connectivity index (χ0) is 25.6. The minimum absolute atomic E-state index is 0.124. The molecule has 188 valence electrons. The predicted octanol–water partition coefficient (Wildman–Crippen LogP) is 6.61. The van der Waals surface area contributed by atoms with E-state index in [1.165, 1.54) is 12.5 Å². The molecule has 5 heterocycles. The van der Waals surface area contributed by atoms with Crippen LogP contribution < -0.4 is 15.1 Å². The van der Waals surface area contributed by atoms with Gasteiger partial charge in [0.15, 0.2) is 23.1 Å². The van der Waals surface area contributed by atoms with Crippen molar-refractivity contribution in [3.05, 3.63) is 78.8 Å². The fraction of sp³-hybridized carbons (Fsp3) is 0.222. The Balaban J connectivity index is 1.36. The van der Waals surface area contributed by atoms with E-state index in [0.29, 0.717) is 27.9 Å².